The molecule has 0 radical (unpaired) electrons. The van der Waals surface area contributed by atoms with E-state index >= 15 is 0 Å². The Morgan fingerprint density at radius 1 is 1.08 bits per heavy atom. The van der Waals surface area contributed by atoms with Gasteiger partial charge in [0.2, 0.25) is 0 Å². The smallest absolute Gasteiger partial charge is 0.253 e. The Morgan fingerprint density at radius 2 is 1.79 bits per heavy atom. The lowest BCUT2D eigenvalue weighted by molar-refractivity contribution is 0.0845. The van der Waals surface area contributed by atoms with Crippen LogP contribution >= 0.6 is 0 Å². The maximum atomic E-state index is 13.6. The molecule has 1 saturated carbocycles. The molecule has 6 nitrogen and oxygen atoms in total. The SMILES string of the molecule is CCN(c1cc(C#CC2CCC(C)CC2)cc(C(=O)NCc2c(C)cc(C)[nH]c2=O)c1C)C1CCOCC1. The minimum atomic E-state index is -0.179. The number of hydrogen-bond acceptors (Lipinski definition) is 4. The van der Waals surface area contributed by atoms with Gasteiger partial charge in [-0.1, -0.05) is 18.8 Å². The number of nitrogens with zero attached hydrogens (tertiary/aromatic N) is 1. The van der Waals surface area contributed by atoms with Crippen LogP contribution in [0.3, 0.4) is 0 Å². The average Bonchev–Trinajstić information content (AvgIpc) is 2.90. The molecule has 0 bridgehead atoms. The van der Waals surface area contributed by atoms with Crippen LogP contribution < -0.4 is 15.8 Å². The highest BCUT2D eigenvalue weighted by atomic mass is 16.5. The molecule has 2 heterocycles. The molecule has 1 aromatic heterocycles. The number of amides is 1. The van der Waals surface area contributed by atoms with Crippen molar-refractivity contribution in [2.75, 3.05) is 24.7 Å². The summed E-state index contributed by atoms with van der Waals surface area (Å²) in [6.07, 6.45) is 6.71. The fraction of sp³-hybridized carbons (Fsp3) is 0.562. The van der Waals surface area contributed by atoms with Gasteiger partial charge in [0.1, 0.15) is 0 Å². The second kappa shape index (κ2) is 12.7. The molecule has 1 saturated heterocycles. The highest BCUT2D eigenvalue weighted by Gasteiger charge is 2.25. The van der Waals surface area contributed by atoms with Crippen LogP contribution in [0.25, 0.3) is 0 Å². The third-order valence-electron chi connectivity index (χ3n) is 8.26. The fourth-order valence-corrected chi connectivity index (χ4v) is 5.88. The van der Waals surface area contributed by atoms with Crippen LogP contribution in [-0.2, 0) is 11.3 Å². The van der Waals surface area contributed by atoms with Crippen molar-refractivity contribution in [3.63, 3.8) is 0 Å². The van der Waals surface area contributed by atoms with E-state index in [1.54, 1.807) is 0 Å². The number of hydrogen-bond donors (Lipinski definition) is 2. The van der Waals surface area contributed by atoms with E-state index in [1.165, 1.54) is 12.8 Å². The van der Waals surface area contributed by atoms with E-state index in [0.717, 1.165) is 79.4 Å². The molecular weight excluding hydrogens is 474 g/mol. The number of carbonyl (C=O) groups excluding carboxylic acids is 1. The first-order chi connectivity index (χ1) is 18.3. The monoisotopic (exact) mass is 517 g/mol. The van der Waals surface area contributed by atoms with Gasteiger partial charge in [-0.15, -0.1) is 0 Å². The third kappa shape index (κ3) is 6.69. The van der Waals surface area contributed by atoms with Gasteiger partial charge in [-0.2, -0.15) is 0 Å². The van der Waals surface area contributed by atoms with E-state index < -0.39 is 0 Å². The van der Waals surface area contributed by atoms with E-state index in [4.69, 9.17) is 4.74 Å². The van der Waals surface area contributed by atoms with Gasteiger partial charge in [0.15, 0.2) is 0 Å². The number of ether oxygens (including phenoxy) is 1. The number of aryl methyl sites for hydroxylation is 2. The highest BCUT2D eigenvalue weighted by molar-refractivity contribution is 5.97. The number of rotatable bonds is 6. The fourth-order valence-electron chi connectivity index (χ4n) is 5.88. The summed E-state index contributed by atoms with van der Waals surface area (Å²) in [5.41, 5.74) is 5.64. The standard InChI is InChI=1S/C32H43N3O3/c1-6-35(27-13-15-38-16-14-27)30-19-26(12-11-25-9-7-21(2)8-10-25)18-28(24(30)5)31(36)33-20-29-22(3)17-23(4)34-32(29)37/h17-19,21,25,27H,6-10,13-16,20H2,1-5H3,(H,33,36)(H,34,37). The predicted molar refractivity (Wildman–Crippen MR) is 154 cm³/mol. The Bertz CT molecular complexity index is 1260. The molecule has 2 N–H and O–H groups in total. The Balaban J connectivity index is 1.66. The first kappa shape index (κ1) is 28.0. The number of aromatic amines is 1. The van der Waals surface area contributed by atoms with E-state index in [2.05, 4.69) is 47.0 Å². The summed E-state index contributed by atoms with van der Waals surface area (Å²) in [6, 6.07) is 6.40. The Morgan fingerprint density at radius 3 is 2.45 bits per heavy atom. The van der Waals surface area contributed by atoms with Crippen LogP contribution in [0.15, 0.2) is 23.0 Å². The molecule has 1 amide bonds. The molecule has 6 heteroatoms. The topological polar surface area (TPSA) is 74.4 Å². The van der Waals surface area contributed by atoms with Crippen molar-refractivity contribution in [3.05, 3.63) is 62.1 Å². The molecule has 0 spiro atoms. The number of aromatic nitrogens is 1. The molecule has 0 unspecified atom stereocenters. The lowest BCUT2D eigenvalue weighted by Gasteiger charge is -2.36. The number of benzene rings is 1. The summed E-state index contributed by atoms with van der Waals surface area (Å²) < 4.78 is 5.62. The molecule has 0 atom stereocenters. The minimum absolute atomic E-state index is 0.154. The lowest BCUT2D eigenvalue weighted by atomic mass is 9.83. The number of carbonyl (C=O) groups is 1. The van der Waals surface area contributed by atoms with Crippen LogP contribution in [0, 0.1) is 44.4 Å². The van der Waals surface area contributed by atoms with Gasteiger partial charge < -0.3 is 19.9 Å². The van der Waals surface area contributed by atoms with Gasteiger partial charge in [-0.3, -0.25) is 9.59 Å². The van der Waals surface area contributed by atoms with Gasteiger partial charge in [0, 0.05) is 66.3 Å². The second-order valence-electron chi connectivity index (χ2n) is 11.1. The normalized spacial score (nSPS) is 19.9. The zero-order chi connectivity index (χ0) is 27.2. The van der Waals surface area contributed by atoms with Crippen molar-refractivity contribution in [1.82, 2.24) is 10.3 Å². The van der Waals surface area contributed by atoms with E-state index in [1.807, 2.05) is 32.9 Å². The average molecular weight is 518 g/mol. The number of nitrogens with one attached hydrogen (secondary N) is 2. The van der Waals surface area contributed by atoms with Crippen molar-refractivity contribution in [2.24, 2.45) is 11.8 Å². The quantitative estimate of drug-likeness (QED) is 0.502. The maximum absolute atomic E-state index is 13.6. The molecule has 38 heavy (non-hydrogen) atoms. The molecule has 1 aromatic carbocycles. The van der Waals surface area contributed by atoms with Crippen molar-refractivity contribution in [1.29, 1.82) is 0 Å². The summed E-state index contributed by atoms with van der Waals surface area (Å²) >= 11 is 0. The summed E-state index contributed by atoms with van der Waals surface area (Å²) in [5, 5.41) is 3.01. The van der Waals surface area contributed by atoms with Crippen molar-refractivity contribution in [3.8, 4) is 11.8 Å². The molecule has 1 aliphatic heterocycles. The largest absolute Gasteiger partial charge is 0.381 e. The molecule has 2 aromatic rings. The van der Waals surface area contributed by atoms with Crippen LogP contribution in [0.1, 0.15) is 90.7 Å². The van der Waals surface area contributed by atoms with E-state index in [0.29, 0.717) is 23.1 Å². The zero-order valence-corrected chi connectivity index (χ0v) is 23.7. The van der Waals surface area contributed by atoms with E-state index in [9.17, 15) is 9.59 Å². The highest BCUT2D eigenvalue weighted by Crippen LogP contribution is 2.31. The predicted octanol–water partition coefficient (Wildman–Crippen LogP) is 5.41. The molecule has 4 rings (SSSR count). The molecule has 2 fully saturated rings. The summed E-state index contributed by atoms with van der Waals surface area (Å²) in [7, 11) is 0. The van der Waals surface area contributed by atoms with Gasteiger partial charge in [-0.05, 0) is 101 Å². The van der Waals surface area contributed by atoms with Crippen LogP contribution in [-0.4, -0.2) is 36.7 Å². The summed E-state index contributed by atoms with van der Waals surface area (Å²) in [4.78, 5) is 31.3. The van der Waals surface area contributed by atoms with Crippen LogP contribution in [0.4, 0.5) is 5.69 Å². The summed E-state index contributed by atoms with van der Waals surface area (Å²) in [5.74, 6) is 7.98. The molecule has 1 aliphatic carbocycles. The first-order valence-corrected chi connectivity index (χ1v) is 14.2. The molecular formula is C32H43N3O3. The van der Waals surface area contributed by atoms with Crippen molar-refractivity contribution in [2.45, 2.75) is 85.7 Å². The number of anilines is 1. The van der Waals surface area contributed by atoms with Crippen LogP contribution in [0.5, 0.6) is 0 Å². The van der Waals surface area contributed by atoms with E-state index in [-0.39, 0.29) is 18.0 Å². The Kier molecular flexibility index (Phi) is 9.33. The molecule has 2 aliphatic rings. The number of pyridine rings is 1. The maximum Gasteiger partial charge on any atom is 0.253 e. The minimum Gasteiger partial charge on any atom is -0.381 e. The first-order valence-electron chi connectivity index (χ1n) is 14.2. The lowest BCUT2D eigenvalue weighted by Crippen LogP contribution is -2.40. The third-order valence-corrected chi connectivity index (χ3v) is 8.26. The van der Waals surface area contributed by atoms with Gasteiger partial charge in [0.25, 0.3) is 11.5 Å². The van der Waals surface area contributed by atoms with Gasteiger partial charge in [0.05, 0.1) is 0 Å². The molecule has 204 valence electrons. The number of H-pyrrole nitrogens is 1. The Hall–Kier alpha value is -3.04. The zero-order valence-electron chi connectivity index (χ0n) is 23.7. The van der Waals surface area contributed by atoms with Crippen LogP contribution in [0.2, 0.25) is 0 Å². The van der Waals surface area contributed by atoms with Gasteiger partial charge in [-0.25, -0.2) is 0 Å². The Labute approximate surface area is 227 Å². The second-order valence-corrected chi connectivity index (χ2v) is 11.1. The summed E-state index contributed by atoms with van der Waals surface area (Å²) in [6.45, 7) is 12.8. The van der Waals surface area contributed by atoms with Gasteiger partial charge >= 0.3 is 0 Å². The van der Waals surface area contributed by atoms with Crippen molar-refractivity contribution >= 4 is 11.6 Å². The van der Waals surface area contributed by atoms with Crippen molar-refractivity contribution < 1.29 is 9.53 Å².